The average Bonchev–Trinajstić information content (AvgIpc) is 2.76. The van der Waals surface area contributed by atoms with E-state index in [1.807, 2.05) is 13.1 Å². The Morgan fingerprint density at radius 1 is 1.04 bits per heavy atom. The molecule has 3 heterocycles. The quantitative estimate of drug-likeness (QED) is 0.780. The molecule has 7 nitrogen and oxygen atoms in total. The summed E-state index contributed by atoms with van der Waals surface area (Å²) >= 11 is 0. The number of benzene rings is 1. The van der Waals surface area contributed by atoms with Gasteiger partial charge in [-0.3, -0.25) is 29.4 Å². The van der Waals surface area contributed by atoms with E-state index >= 15 is 0 Å². The second-order valence-electron chi connectivity index (χ2n) is 6.67. The lowest BCUT2D eigenvalue weighted by Crippen LogP contribution is -2.54. The van der Waals surface area contributed by atoms with Gasteiger partial charge in [-0.1, -0.05) is 6.07 Å². The first-order valence-electron chi connectivity index (χ1n) is 8.00. The summed E-state index contributed by atoms with van der Waals surface area (Å²) in [6, 6.07) is 4.43. The highest BCUT2D eigenvalue weighted by atomic mass is 16.2. The normalized spacial score (nSPS) is 24.9. The van der Waals surface area contributed by atoms with E-state index in [4.69, 9.17) is 0 Å². The Bertz CT molecular complexity index is 782. The summed E-state index contributed by atoms with van der Waals surface area (Å²) in [6.45, 7) is 1.86. The Labute approximate surface area is 138 Å². The fraction of sp³-hybridized carbons (Fsp3) is 0.412. The van der Waals surface area contributed by atoms with Gasteiger partial charge in [-0.2, -0.15) is 0 Å². The molecule has 1 unspecified atom stereocenters. The van der Waals surface area contributed by atoms with Gasteiger partial charge in [-0.25, -0.2) is 0 Å². The number of rotatable bonds is 2. The van der Waals surface area contributed by atoms with Gasteiger partial charge in [0.15, 0.2) is 0 Å². The van der Waals surface area contributed by atoms with Gasteiger partial charge in [-0.15, -0.1) is 0 Å². The van der Waals surface area contributed by atoms with E-state index in [1.54, 1.807) is 12.1 Å². The fourth-order valence-corrected chi connectivity index (χ4v) is 3.65. The van der Waals surface area contributed by atoms with Crippen molar-refractivity contribution >= 4 is 23.6 Å². The van der Waals surface area contributed by atoms with Crippen molar-refractivity contribution < 1.29 is 19.2 Å². The van der Waals surface area contributed by atoms with Crippen LogP contribution in [0, 0.1) is 0 Å². The summed E-state index contributed by atoms with van der Waals surface area (Å²) in [5.41, 5.74) is 1.73. The van der Waals surface area contributed by atoms with Crippen molar-refractivity contribution in [1.82, 2.24) is 15.1 Å². The van der Waals surface area contributed by atoms with Gasteiger partial charge >= 0.3 is 0 Å². The molecule has 0 saturated carbocycles. The first-order chi connectivity index (χ1) is 11.5. The maximum Gasteiger partial charge on any atom is 0.262 e. The molecule has 124 valence electrons. The number of nitrogens with one attached hydrogen (secondary N) is 1. The maximum atomic E-state index is 12.7. The van der Waals surface area contributed by atoms with Crippen LogP contribution >= 0.6 is 0 Å². The number of likely N-dealkylation sites (N-methyl/N-ethyl adjacent to an activating group) is 1. The molecule has 1 aromatic carbocycles. The third-order valence-electron chi connectivity index (χ3n) is 5.00. The topological polar surface area (TPSA) is 86.8 Å². The molecule has 3 aliphatic heterocycles. The van der Waals surface area contributed by atoms with Gasteiger partial charge in [0.05, 0.1) is 11.1 Å². The second-order valence-corrected chi connectivity index (χ2v) is 6.67. The smallest absolute Gasteiger partial charge is 0.262 e. The molecule has 0 radical (unpaired) electrons. The Morgan fingerprint density at radius 3 is 2.42 bits per heavy atom. The molecule has 1 aromatic rings. The van der Waals surface area contributed by atoms with Crippen LogP contribution in [0.5, 0.6) is 0 Å². The van der Waals surface area contributed by atoms with E-state index in [9.17, 15) is 19.2 Å². The van der Waals surface area contributed by atoms with E-state index in [-0.39, 0.29) is 18.7 Å². The summed E-state index contributed by atoms with van der Waals surface area (Å²) in [5, 5.41) is 2.20. The molecule has 2 saturated heterocycles. The SMILES string of the molecule is CN1CC(c2ccc3c(c2)C(=O)N(C2CCC(=O)NC2=O)C3=O)C1. The van der Waals surface area contributed by atoms with Gasteiger partial charge in [0, 0.05) is 25.4 Å². The molecule has 0 aliphatic carbocycles. The van der Waals surface area contributed by atoms with E-state index in [0.29, 0.717) is 17.0 Å². The Balaban J connectivity index is 1.63. The lowest BCUT2D eigenvalue weighted by Gasteiger charge is -2.36. The first kappa shape index (κ1) is 15.0. The lowest BCUT2D eigenvalue weighted by atomic mass is 9.90. The van der Waals surface area contributed by atoms with Crippen molar-refractivity contribution in [3.05, 3.63) is 34.9 Å². The van der Waals surface area contributed by atoms with Crippen molar-refractivity contribution in [2.75, 3.05) is 20.1 Å². The lowest BCUT2D eigenvalue weighted by molar-refractivity contribution is -0.136. The van der Waals surface area contributed by atoms with Crippen LogP contribution in [0.4, 0.5) is 0 Å². The van der Waals surface area contributed by atoms with Crippen LogP contribution in [0.15, 0.2) is 18.2 Å². The number of piperidine rings is 1. The highest BCUT2D eigenvalue weighted by Crippen LogP contribution is 2.32. The Kier molecular flexibility index (Phi) is 3.28. The standard InChI is InChI=1S/C17H17N3O4/c1-19-7-10(8-19)9-2-3-11-12(6-9)17(24)20(16(11)23)13-4-5-14(21)18-15(13)22/h2-3,6,10,13H,4-5,7-8H2,1H3,(H,18,21,22). The minimum Gasteiger partial charge on any atom is -0.305 e. The molecule has 4 rings (SSSR count). The summed E-state index contributed by atoms with van der Waals surface area (Å²) in [4.78, 5) is 51.8. The zero-order valence-electron chi connectivity index (χ0n) is 13.2. The Hall–Kier alpha value is -2.54. The van der Waals surface area contributed by atoms with Gasteiger partial charge < -0.3 is 4.90 Å². The summed E-state index contributed by atoms with van der Waals surface area (Å²) < 4.78 is 0. The average molecular weight is 327 g/mol. The molecule has 7 heteroatoms. The van der Waals surface area contributed by atoms with Crippen LogP contribution in [0.3, 0.4) is 0 Å². The van der Waals surface area contributed by atoms with Crippen LogP contribution in [-0.2, 0) is 9.59 Å². The van der Waals surface area contributed by atoms with Crippen LogP contribution in [-0.4, -0.2) is 59.6 Å². The molecule has 0 aromatic heterocycles. The third kappa shape index (κ3) is 2.16. The van der Waals surface area contributed by atoms with E-state index in [2.05, 4.69) is 10.2 Å². The molecule has 0 bridgehead atoms. The zero-order valence-corrected chi connectivity index (χ0v) is 13.2. The highest BCUT2D eigenvalue weighted by Gasteiger charge is 2.44. The minimum absolute atomic E-state index is 0.128. The maximum absolute atomic E-state index is 12.7. The largest absolute Gasteiger partial charge is 0.305 e. The number of fused-ring (bicyclic) bond motifs is 1. The molecule has 1 atom stereocenters. The zero-order chi connectivity index (χ0) is 17.0. The third-order valence-corrected chi connectivity index (χ3v) is 5.00. The number of hydrogen-bond donors (Lipinski definition) is 1. The van der Waals surface area contributed by atoms with Gasteiger partial charge in [0.25, 0.3) is 11.8 Å². The number of carbonyl (C=O) groups excluding carboxylic acids is 4. The van der Waals surface area contributed by atoms with Crippen molar-refractivity contribution in [3.8, 4) is 0 Å². The van der Waals surface area contributed by atoms with E-state index < -0.39 is 23.8 Å². The number of carbonyl (C=O) groups is 4. The number of amides is 4. The predicted molar refractivity (Wildman–Crippen MR) is 83.4 cm³/mol. The van der Waals surface area contributed by atoms with E-state index in [1.165, 1.54) is 0 Å². The number of nitrogens with zero attached hydrogens (tertiary/aromatic N) is 2. The Morgan fingerprint density at radius 2 is 1.75 bits per heavy atom. The molecule has 1 N–H and O–H groups in total. The van der Waals surface area contributed by atoms with Crippen LogP contribution in [0.2, 0.25) is 0 Å². The molecular weight excluding hydrogens is 310 g/mol. The predicted octanol–water partition coefficient (Wildman–Crippen LogP) is 0.117. The minimum atomic E-state index is -0.909. The molecule has 2 fully saturated rings. The monoisotopic (exact) mass is 327 g/mol. The number of imide groups is 2. The summed E-state index contributed by atoms with van der Waals surface area (Å²) in [5.74, 6) is -1.49. The van der Waals surface area contributed by atoms with Gasteiger partial charge in [0.1, 0.15) is 6.04 Å². The van der Waals surface area contributed by atoms with E-state index in [0.717, 1.165) is 23.6 Å². The molecule has 0 spiro atoms. The van der Waals surface area contributed by atoms with Gasteiger partial charge in [0.2, 0.25) is 11.8 Å². The van der Waals surface area contributed by atoms with Crippen LogP contribution in [0.25, 0.3) is 0 Å². The van der Waals surface area contributed by atoms with Crippen molar-refractivity contribution in [3.63, 3.8) is 0 Å². The molecule has 4 amide bonds. The van der Waals surface area contributed by atoms with Crippen molar-refractivity contribution in [2.24, 2.45) is 0 Å². The summed E-state index contributed by atoms with van der Waals surface area (Å²) in [7, 11) is 2.03. The van der Waals surface area contributed by atoms with Gasteiger partial charge in [-0.05, 0) is 31.2 Å². The van der Waals surface area contributed by atoms with Crippen LogP contribution in [0.1, 0.15) is 45.0 Å². The fourth-order valence-electron chi connectivity index (χ4n) is 3.65. The summed E-state index contributed by atoms with van der Waals surface area (Å²) in [6.07, 6.45) is 0.305. The van der Waals surface area contributed by atoms with Crippen molar-refractivity contribution in [1.29, 1.82) is 0 Å². The first-order valence-corrected chi connectivity index (χ1v) is 8.00. The molecular formula is C17H17N3O4. The van der Waals surface area contributed by atoms with Crippen LogP contribution < -0.4 is 5.32 Å². The number of likely N-dealkylation sites (tertiary alicyclic amines) is 1. The number of hydrogen-bond acceptors (Lipinski definition) is 5. The highest BCUT2D eigenvalue weighted by molar-refractivity contribution is 6.23. The second kappa shape index (κ2) is 5.24. The van der Waals surface area contributed by atoms with Crippen molar-refractivity contribution in [2.45, 2.75) is 24.8 Å². The molecule has 3 aliphatic rings. The molecule has 24 heavy (non-hydrogen) atoms.